The van der Waals surface area contributed by atoms with Gasteiger partial charge < -0.3 is 20.5 Å². The highest BCUT2D eigenvalue weighted by atomic mass is 19.1. The molecule has 0 radical (unpaired) electrons. The minimum absolute atomic E-state index is 0.00943. The van der Waals surface area contributed by atoms with Crippen molar-refractivity contribution in [2.45, 2.75) is 32.0 Å². The van der Waals surface area contributed by atoms with Gasteiger partial charge >= 0.3 is 0 Å². The molecule has 1 atom stereocenters. The normalized spacial score (nSPS) is 17.7. The van der Waals surface area contributed by atoms with Crippen LogP contribution in [0, 0.1) is 5.82 Å². The van der Waals surface area contributed by atoms with E-state index in [0.717, 1.165) is 12.8 Å². The van der Waals surface area contributed by atoms with E-state index in [1.807, 2.05) is 0 Å². The van der Waals surface area contributed by atoms with Gasteiger partial charge in [-0.05, 0) is 38.0 Å². The first-order chi connectivity index (χ1) is 9.56. The summed E-state index contributed by atoms with van der Waals surface area (Å²) in [5.41, 5.74) is 6.02. The number of anilines is 2. The Morgan fingerprint density at radius 1 is 1.50 bits per heavy atom. The summed E-state index contributed by atoms with van der Waals surface area (Å²) in [5.74, 6) is -0.910. The third-order valence-electron chi connectivity index (χ3n) is 3.18. The summed E-state index contributed by atoms with van der Waals surface area (Å²) in [6, 6.07) is 4.04. The van der Waals surface area contributed by atoms with E-state index in [1.54, 1.807) is 6.92 Å². The molecule has 0 aliphatic carbocycles. The van der Waals surface area contributed by atoms with Gasteiger partial charge in [-0.3, -0.25) is 4.79 Å². The fourth-order valence-electron chi connectivity index (χ4n) is 2.04. The third kappa shape index (κ3) is 3.91. The number of carbonyl (C=O) groups excluding carboxylic acids is 1. The number of benzene rings is 1. The summed E-state index contributed by atoms with van der Waals surface area (Å²) in [6.07, 6.45) is 0.892. The fraction of sp³-hybridized carbons (Fsp3) is 0.500. The molecule has 3 N–H and O–H groups in total. The predicted molar refractivity (Wildman–Crippen MR) is 73.8 cm³/mol. The van der Waals surface area contributed by atoms with Crippen molar-refractivity contribution in [2.75, 3.05) is 24.3 Å². The van der Waals surface area contributed by atoms with Gasteiger partial charge in [0.15, 0.2) is 0 Å². The minimum Gasteiger partial charge on any atom is -0.399 e. The van der Waals surface area contributed by atoms with Crippen LogP contribution in [0.4, 0.5) is 15.8 Å². The maximum atomic E-state index is 13.5. The van der Waals surface area contributed by atoms with E-state index in [0.29, 0.717) is 18.9 Å². The molecular weight excluding hydrogens is 263 g/mol. The van der Waals surface area contributed by atoms with Crippen molar-refractivity contribution in [3.8, 4) is 0 Å². The second-order valence-electron chi connectivity index (χ2n) is 4.82. The van der Waals surface area contributed by atoms with Crippen LogP contribution in [0.2, 0.25) is 0 Å². The molecule has 1 saturated heterocycles. The molecule has 20 heavy (non-hydrogen) atoms. The number of ether oxygens (including phenoxy) is 2. The van der Waals surface area contributed by atoms with Crippen LogP contribution in [-0.4, -0.2) is 31.3 Å². The molecule has 1 aliphatic heterocycles. The first kappa shape index (κ1) is 14.7. The lowest BCUT2D eigenvalue weighted by atomic mass is 10.1. The van der Waals surface area contributed by atoms with Gasteiger partial charge in [0.25, 0.3) is 5.91 Å². The standard InChI is InChI=1S/C14H19FN2O3/c1-9(20-11-4-6-19-7-5-11)14(18)17-13-8-10(16)2-3-12(13)15/h2-3,8-9,11H,4-7,16H2,1H3,(H,17,18). The number of amides is 1. The summed E-state index contributed by atoms with van der Waals surface area (Å²) in [6.45, 7) is 2.93. The van der Waals surface area contributed by atoms with Gasteiger partial charge in [-0.25, -0.2) is 4.39 Å². The average molecular weight is 282 g/mol. The molecule has 1 heterocycles. The van der Waals surface area contributed by atoms with Crippen molar-refractivity contribution in [2.24, 2.45) is 0 Å². The molecule has 1 aromatic carbocycles. The number of carbonyl (C=O) groups is 1. The van der Waals surface area contributed by atoms with Crippen LogP contribution in [0.5, 0.6) is 0 Å². The highest BCUT2D eigenvalue weighted by Gasteiger charge is 2.22. The van der Waals surface area contributed by atoms with Gasteiger partial charge in [0.2, 0.25) is 0 Å². The highest BCUT2D eigenvalue weighted by Crippen LogP contribution is 2.19. The monoisotopic (exact) mass is 282 g/mol. The molecule has 0 bridgehead atoms. The van der Waals surface area contributed by atoms with Gasteiger partial charge in [-0.1, -0.05) is 0 Å². The molecular formula is C14H19FN2O3. The Balaban J connectivity index is 1.91. The zero-order valence-corrected chi connectivity index (χ0v) is 11.4. The van der Waals surface area contributed by atoms with Crippen LogP contribution < -0.4 is 11.1 Å². The van der Waals surface area contributed by atoms with Gasteiger partial charge in [0, 0.05) is 18.9 Å². The summed E-state index contributed by atoms with van der Waals surface area (Å²) in [7, 11) is 0. The van der Waals surface area contributed by atoms with Crippen LogP contribution in [0.25, 0.3) is 0 Å². The fourth-order valence-corrected chi connectivity index (χ4v) is 2.04. The Bertz CT molecular complexity index is 475. The molecule has 5 nitrogen and oxygen atoms in total. The third-order valence-corrected chi connectivity index (χ3v) is 3.18. The van der Waals surface area contributed by atoms with Gasteiger partial charge in [0.05, 0.1) is 11.8 Å². The zero-order valence-electron chi connectivity index (χ0n) is 11.4. The molecule has 1 fully saturated rings. The first-order valence-corrected chi connectivity index (χ1v) is 6.65. The Labute approximate surface area is 117 Å². The van der Waals surface area contributed by atoms with Crippen LogP contribution in [-0.2, 0) is 14.3 Å². The summed E-state index contributed by atoms with van der Waals surface area (Å²) < 4.78 is 24.4. The topological polar surface area (TPSA) is 73.6 Å². The predicted octanol–water partition coefficient (Wildman–Crippen LogP) is 1.93. The molecule has 0 saturated carbocycles. The van der Waals surface area contributed by atoms with Crippen LogP contribution in [0.3, 0.4) is 0 Å². The number of nitrogens with one attached hydrogen (secondary N) is 1. The van der Waals surface area contributed by atoms with E-state index in [-0.39, 0.29) is 17.7 Å². The largest absolute Gasteiger partial charge is 0.399 e. The van der Waals surface area contributed by atoms with Crippen LogP contribution in [0.1, 0.15) is 19.8 Å². The molecule has 6 heteroatoms. The molecule has 110 valence electrons. The summed E-state index contributed by atoms with van der Waals surface area (Å²) >= 11 is 0. The molecule has 1 unspecified atom stereocenters. The smallest absolute Gasteiger partial charge is 0.253 e. The lowest BCUT2D eigenvalue weighted by molar-refractivity contribution is -0.133. The van der Waals surface area contributed by atoms with Crippen molar-refractivity contribution in [1.29, 1.82) is 0 Å². The van der Waals surface area contributed by atoms with E-state index >= 15 is 0 Å². The maximum absolute atomic E-state index is 13.5. The number of hydrogen-bond donors (Lipinski definition) is 2. The Kier molecular flexibility index (Phi) is 4.92. The maximum Gasteiger partial charge on any atom is 0.253 e. The quantitative estimate of drug-likeness (QED) is 0.828. The van der Waals surface area contributed by atoms with Crippen molar-refractivity contribution in [3.05, 3.63) is 24.0 Å². The van der Waals surface area contributed by atoms with E-state index in [2.05, 4.69) is 5.32 Å². The Hall–Kier alpha value is -1.66. The lowest BCUT2D eigenvalue weighted by Gasteiger charge is -2.25. The highest BCUT2D eigenvalue weighted by molar-refractivity contribution is 5.94. The van der Waals surface area contributed by atoms with Crippen LogP contribution in [0.15, 0.2) is 18.2 Å². The SMILES string of the molecule is CC(OC1CCOCC1)C(=O)Nc1cc(N)ccc1F. The average Bonchev–Trinajstić information content (AvgIpc) is 2.44. The number of nitrogens with two attached hydrogens (primary N) is 1. The van der Waals surface area contributed by atoms with Gasteiger partial charge in [0.1, 0.15) is 11.9 Å². The lowest BCUT2D eigenvalue weighted by Crippen LogP contribution is -2.34. The molecule has 1 aliphatic rings. The summed E-state index contributed by atoms with van der Waals surface area (Å²) in [4.78, 5) is 12.0. The zero-order chi connectivity index (χ0) is 14.5. The van der Waals surface area contributed by atoms with Crippen molar-refractivity contribution >= 4 is 17.3 Å². The second kappa shape index (κ2) is 6.67. The van der Waals surface area contributed by atoms with E-state index < -0.39 is 11.9 Å². The van der Waals surface area contributed by atoms with Crippen molar-refractivity contribution < 1.29 is 18.7 Å². The first-order valence-electron chi connectivity index (χ1n) is 6.65. The van der Waals surface area contributed by atoms with E-state index in [9.17, 15) is 9.18 Å². The number of halogens is 1. The van der Waals surface area contributed by atoms with Crippen molar-refractivity contribution in [3.63, 3.8) is 0 Å². The Morgan fingerprint density at radius 3 is 2.90 bits per heavy atom. The Morgan fingerprint density at radius 2 is 2.20 bits per heavy atom. The molecule has 0 aromatic heterocycles. The van der Waals surface area contributed by atoms with Crippen molar-refractivity contribution in [1.82, 2.24) is 0 Å². The molecule has 1 amide bonds. The van der Waals surface area contributed by atoms with E-state index in [4.69, 9.17) is 15.2 Å². The number of hydrogen-bond acceptors (Lipinski definition) is 4. The van der Waals surface area contributed by atoms with E-state index in [1.165, 1.54) is 18.2 Å². The summed E-state index contributed by atoms with van der Waals surface area (Å²) in [5, 5.41) is 2.49. The molecule has 2 rings (SSSR count). The van der Waals surface area contributed by atoms with Gasteiger partial charge in [-0.2, -0.15) is 0 Å². The van der Waals surface area contributed by atoms with Crippen LogP contribution >= 0.6 is 0 Å². The number of nitrogen functional groups attached to an aromatic ring is 1. The second-order valence-corrected chi connectivity index (χ2v) is 4.82. The molecule has 1 aromatic rings. The van der Waals surface area contributed by atoms with Gasteiger partial charge in [-0.15, -0.1) is 0 Å². The minimum atomic E-state index is -0.654. The molecule has 0 spiro atoms. The number of rotatable bonds is 4.